The number of carbonyl (C=O) groups is 5. The number of phenols is 1. The summed E-state index contributed by atoms with van der Waals surface area (Å²) in [6, 6.07) is 11.4. The largest absolute Gasteiger partial charge is 0.507 e. The van der Waals surface area contributed by atoms with Crippen LogP contribution in [0.25, 0.3) is 12.2 Å². The summed E-state index contributed by atoms with van der Waals surface area (Å²) in [5.74, 6) is 6.59. The van der Waals surface area contributed by atoms with Crippen molar-refractivity contribution in [2.75, 3.05) is 62.3 Å². The first-order valence-corrected chi connectivity index (χ1v) is 54.9. The number of fused-ring (bicyclic) bond motifs is 1. The lowest BCUT2D eigenvalue weighted by Crippen LogP contribution is -2.44. The van der Waals surface area contributed by atoms with E-state index in [4.69, 9.17) is 81.6 Å². The Bertz CT molecular complexity index is 4010. The van der Waals surface area contributed by atoms with Crippen molar-refractivity contribution in [3.05, 3.63) is 94.1 Å². The van der Waals surface area contributed by atoms with Crippen LogP contribution in [0.2, 0.25) is 87.6 Å². The molecule has 25 nitrogen and oxygen atoms in total. The molecule has 6 rings (SSSR count). The van der Waals surface area contributed by atoms with E-state index in [-0.39, 0.29) is 89.9 Å². The van der Waals surface area contributed by atoms with Gasteiger partial charge in [0.15, 0.2) is 53.9 Å². The number of ketones is 1. The average molecular weight is 1780 g/mol. The van der Waals surface area contributed by atoms with Crippen LogP contribution >= 0.6 is 0 Å². The molecule has 2 saturated heterocycles. The first-order valence-electron chi connectivity index (χ1n) is 41.7. The molecular weight excluding hydrogens is 1630 g/mol. The first-order chi connectivity index (χ1) is 55.9. The summed E-state index contributed by atoms with van der Waals surface area (Å²) in [5.41, 5.74) is 2.27. The minimum atomic E-state index is -1.96. The Balaban J connectivity index is 0.000000589. The lowest BCUT2D eigenvalue weighted by Gasteiger charge is -2.39. The molecule has 122 heavy (non-hydrogen) atoms. The van der Waals surface area contributed by atoms with Gasteiger partial charge < -0.3 is 100 Å². The molecule has 4 N–H and O–H groups in total. The highest BCUT2D eigenvalue weighted by atomic mass is 28.4. The van der Waals surface area contributed by atoms with Crippen LogP contribution < -0.4 is 23.7 Å². The molecule has 29 heteroatoms. The van der Waals surface area contributed by atoms with E-state index in [1.54, 1.807) is 71.2 Å². The standard InChI is InChI=1S/C36H60O9Si2.C24H36O8Si.C20H26O7.C12H24OSi.CH4/c1-25(26(2)45-47(13,14)35(3,4)5)18-19-29(37)33-30(43-36(6,7)44-33)17-15-16-27-22-28(40-9)23-31(42-24-39-8)32(27)34(38)41-20-21-46(10,11)12;1-24(2)31-19(21(15-25)32-24)10-8-9-17-13-18(28-4)14-20(30-16-27-3)22(17)23(26)29-11-12-33(5,6)7;1-11-7-8-16(22)19(24)15(21)6-4-5-13-9-14(26-3)10-17(23)18(13)20(25)27-12(11)2;1-9-10(2)11(3)13-14(7,8)12(4,5)6;/h15-16,22-23,25-26,29-30,33,37H,17,20-21,24H2,1-14H3;8-9,13-15,19,21H,10-12,16H2,1-7H3;7-12,15,19,21,23-24H,4-6H2,1-3H3;1,10-11H,2-8H3;1H4/b16-15+;9-8+;8-7-;;/t25-,26-,29?,30-,33+;19-,21+;11-,12?,15?,19?;10-,11+;/m0011./s1. The second-order valence-electron chi connectivity index (χ2n) is 37.3. The van der Waals surface area contributed by atoms with Gasteiger partial charge in [-0.05, 0) is 184 Å². The molecule has 4 unspecified atom stereocenters. The quantitative estimate of drug-likeness (QED) is 0.0116. The normalized spacial score (nSPS) is 21.6. The van der Waals surface area contributed by atoms with Gasteiger partial charge in [0.1, 0.15) is 81.7 Å². The van der Waals surface area contributed by atoms with Crippen LogP contribution in [0.15, 0.2) is 60.7 Å². The Morgan fingerprint density at radius 1 is 0.639 bits per heavy atom. The lowest BCUT2D eigenvalue weighted by atomic mass is 9.96. The molecule has 3 heterocycles. The van der Waals surface area contributed by atoms with Gasteiger partial charge in [0, 0.05) is 66.3 Å². The summed E-state index contributed by atoms with van der Waals surface area (Å²) < 4.78 is 90.7. The molecule has 0 amide bonds. The van der Waals surface area contributed by atoms with E-state index in [0.717, 1.165) is 18.4 Å². The molecule has 3 aliphatic heterocycles. The molecule has 2 fully saturated rings. The summed E-state index contributed by atoms with van der Waals surface area (Å²) in [6.07, 6.45) is 11.3. The number of aliphatic hydroxyl groups excluding tert-OH is 3. The van der Waals surface area contributed by atoms with Crippen molar-refractivity contribution in [2.45, 2.75) is 311 Å². The number of methoxy groups -OCH3 is 5. The molecule has 0 radical (unpaired) electrons. The Morgan fingerprint density at radius 3 is 1.52 bits per heavy atom. The molecule has 3 aliphatic rings. The van der Waals surface area contributed by atoms with Crippen LogP contribution in [-0.2, 0) is 67.5 Å². The van der Waals surface area contributed by atoms with Crippen molar-refractivity contribution in [3.63, 3.8) is 0 Å². The van der Waals surface area contributed by atoms with Gasteiger partial charge in [0.05, 0.1) is 65.1 Å². The van der Waals surface area contributed by atoms with Crippen LogP contribution in [0.1, 0.15) is 192 Å². The Kier molecular flexibility index (Phi) is 45.3. The van der Waals surface area contributed by atoms with Crippen LogP contribution in [0.4, 0.5) is 0 Å². The van der Waals surface area contributed by atoms with Gasteiger partial charge in [-0.1, -0.05) is 137 Å². The number of hydrogen-bond donors (Lipinski definition) is 4. The number of hydrogen-bond acceptors (Lipinski definition) is 25. The zero-order valence-electron chi connectivity index (χ0n) is 78.2. The molecular formula is C93H150O25Si4. The van der Waals surface area contributed by atoms with Crippen LogP contribution in [0, 0.1) is 41.9 Å². The monoisotopic (exact) mass is 1780 g/mol. The van der Waals surface area contributed by atoms with Crippen LogP contribution in [0.5, 0.6) is 34.5 Å². The predicted octanol–water partition coefficient (Wildman–Crippen LogP) is 17.9. The third-order valence-corrected chi connectivity index (χ3v) is 34.2. The second kappa shape index (κ2) is 49.8. The highest BCUT2D eigenvalue weighted by Crippen LogP contribution is 2.42. The Hall–Kier alpha value is -7.02. The highest BCUT2D eigenvalue weighted by Gasteiger charge is 2.46. The maximum atomic E-state index is 13.4. The number of benzene rings is 3. The maximum Gasteiger partial charge on any atom is 0.342 e. The Morgan fingerprint density at radius 2 is 1.08 bits per heavy atom. The van der Waals surface area contributed by atoms with E-state index in [1.807, 2.05) is 52.8 Å². The van der Waals surface area contributed by atoms with E-state index in [0.29, 0.717) is 84.3 Å². The number of cyclic esters (lactones) is 1. The predicted molar refractivity (Wildman–Crippen MR) is 490 cm³/mol. The molecule has 0 bridgehead atoms. The van der Waals surface area contributed by atoms with Crippen molar-refractivity contribution in [2.24, 2.45) is 17.8 Å². The fourth-order valence-electron chi connectivity index (χ4n) is 11.7. The van der Waals surface area contributed by atoms with Crippen LogP contribution in [-0.4, -0.2) is 218 Å². The van der Waals surface area contributed by atoms with Gasteiger partial charge in [-0.3, -0.25) is 4.79 Å². The SMILES string of the molecule is C.C#C[C@@H](C)[C@H](C)O[Si](C)(C)C(C)(C)C.COCOc1cc(OC)cc(/C=C/C[C@@H]2OC(C)(C)O[C@@H]2C(O)C#C[C@H](C)[C@H](C)O[Si](C)(C)C(C)(C)C)c1C(=O)OCC[Si](C)(C)C.COCOc1cc(OC)cc(/C=C/C[C@@H]2OC(C)(C)O[C@@H]2C=O)c1C(=O)OCC[Si](C)(C)C.COc1cc(O)c2c(c1)CCCC(O)C(O)C(=O)/C=C\[C@@H](C)C(C)OC2=O. The molecule has 0 saturated carbocycles. The fraction of sp³-hybridized carbons (Fsp3) is 0.645. The molecule has 0 aliphatic carbocycles. The van der Waals surface area contributed by atoms with E-state index < -0.39 is 117 Å². The number of terminal acetylenes is 1. The zero-order chi connectivity index (χ0) is 92.1. The molecule has 688 valence electrons. The van der Waals surface area contributed by atoms with Gasteiger partial charge in [-0.15, -0.1) is 12.3 Å². The fourth-order valence-corrected chi connectivity index (χ4v) is 16.1. The van der Waals surface area contributed by atoms with E-state index in [2.05, 4.69) is 132 Å². The number of aldehydes is 1. The number of rotatable bonds is 31. The van der Waals surface area contributed by atoms with Crippen molar-refractivity contribution < 1.29 is 120 Å². The Labute approximate surface area is 733 Å². The van der Waals surface area contributed by atoms with Gasteiger partial charge in [0.25, 0.3) is 0 Å². The van der Waals surface area contributed by atoms with Crippen molar-refractivity contribution in [1.82, 2.24) is 0 Å². The first kappa shape index (κ1) is 111. The average Bonchev–Trinajstić information content (AvgIpc) is 1.25. The second-order valence-corrected chi connectivity index (χ2v) is 58.1. The van der Waals surface area contributed by atoms with Gasteiger partial charge in [-0.2, -0.15) is 0 Å². The smallest absolute Gasteiger partial charge is 0.342 e. The third kappa shape index (κ3) is 36.5. The van der Waals surface area contributed by atoms with Gasteiger partial charge in [-0.25, -0.2) is 14.4 Å². The third-order valence-electron chi connectivity index (χ3n) is 21.7. The van der Waals surface area contributed by atoms with Crippen LogP contribution in [0.3, 0.4) is 0 Å². The number of aromatic hydroxyl groups is 1. The van der Waals surface area contributed by atoms with Gasteiger partial charge in [0.2, 0.25) is 0 Å². The topological polar surface area (TPSA) is 314 Å². The summed E-state index contributed by atoms with van der Waals surface area (Å²) >= 11 is 0. The zero-order valence-corrected chi connectivity index (χ0v) is 82.2. The van der Waals surface area contributed by atoms with Crippen molar-refractivity contribution in [1.29, 1.82) is 0 Å². The molecule has 13 atom stereocenters. The number of aryl methyl sites for hydroxylation is 1. The minimum Gasteiger partial charge on any atom is -0.507 e. The van der Waals surface area contributed by atoms with Gasteiger partial charge >= 0.3 is 17.9 Å². The number of ether oxygens (including phenoxy) is 14. The maximum absolute atomic E-state index is 13.4. The van der Waals surface area contributed by atoms with E-state index in [9.17, 15) is 44.4 Å². The number of aliphatic hydroxyl groups is 3. The number of carbonyl (C=O) groups excluding carboxylic acids is 5. The number of phenolic OH excluding ortho intramolecular Hbond substituents is 1. The van der Waals surface area contributed by atoms with Crippen molar-refractivity contribution >= 4 is 74.9 Å². The molecule has 0 aromatic heterocycles. The summed E-state index contributed by atoms with van der Waals surface area (Å²) in [5, 5.41) is 41.8. The summed E-state index contributed by atoms with van der Waals surface area (Å²) in [6.45, 7) is 55.0. The van der Waals surface area contributed by atoms with E-state index in [1.165, 1.54) is 46.7 Å². The summed E-state index contributed by atoms with van der Waals surface area (Å²) in [7, 11) is 1.17. The molecule has 3 aromatic rings. The minimum absolute atomic E-state index is 0. The van der Waals surface area contributed by atoms with Crippen molar-refractivity contribution in [3.8, 4) is 58.7 Å². The molecule has 3 aromatic carbocycles. The lowest BCUT2D eigenvalue weighted by molar-refractivity contribution is -0.152. The molecule has 0 spiro atoms. The highest BCUT2D eigenvalue weighted by molar-refractivity contribution is 6.76. The van der Waals surface area contributed by atoms with E-state index >= 15 is 0 Å². The summed E-state index contributed by atoms with van der Waals surface area (Å²) in [4.78, 5) is 62.4. The number of esters is 3.